The molecular formula is C13H16ClN3O2S. The van der Waals surface area contributed by atoms with Gasteiger partial charge in [0, 0.05) is 0 Å². The van der Waals surface area contributed by atoms with E-state index in [2.05, 4.69) is 9.97 Å². The lowest BCUT2D eigenvalue weighted by Crippen LogP contribution is -2.13. The Balaban J connectivity index is 2.53. The van der Waals surface area contributed by atoms with Gasteiger partial charge in [-0.15, -0.1) is 11.3 Å². The van der Waals surface area contributed by atoms with Gasteiger partial charge in [0.2, 0.25) is 0 Å². The molecule has 20 heavy (non-hydrogen) atoms. The van der Waals surface area contributed by atoms with E-state index in [0.717, 1.165) is 15.8 Å². The van der Waals surface area contributed by atoms with Gasteiger partial charge in [0.1, 0.15) is 20.7 Å². The van der Waals surface area contributed by atoms with E-state index in [0.29, 0.717) is 29.0 Å². The van der Waals surface area contributed by atoms with E-state index in [1.165, 1.54) is 11.3 Å². The quantitative estimate of drug-likeness (QED) is 0.641. The average molecular weight is 314 g/mol. The summed E-state index contributed by atoms with van der Waals surface area (Å²) in [6.45, 7) is 4.56. The number of nitrogens with zero attached hydrogens (tertiary/aromatic N) is 3. The third-order valence-corrected chi connectivity index (χ3v) is 4.15. The van der Waals surface area contributed by atoms with Crippen molar-refractivity contribution in [2.75, 3.05) is 20.7 Å². The zero-order valence-corrected chi connectivity index (χ0v) is 13.4. The molecule has 2 aromatic rings. The molecule has 108 valence electrons. The van der Waals surface area contributed by atoms with Crippen LogP contribution in [0.3, 0.4) is 0 Å². The minimum atomic E-state index is -0.335. The summed E-state index contributed by atoms with van der Waals surface area (Å²) in [7, 11) is 3.87. The van der Waals surface area contributed by atoms with Crippen LogP contribution >= 0.6 is 22.9 Å². The number of aryl methyl sites for hydroxylation is 1. The van der Waals surface area contributed by atoms with E-state index in [-0.39, 0.29) is 5.97 Å². The third-order valence-electron chi connectivity index (χ3n) is 2.71. The van der Waals surface area contributed by atoms with Crippen molar-refractivity contribution in [1.82, 2.24) is 14.9 Å². The lowest BCUT2D eigenvalue weighted by atomic mass is 10.2. The Morgan fingerprint density at radius 1 is 1.40 bits per heavy atom. The number of thiophene rings is 1. The molecule has 2 rings (SSSR count). The van der Waals surface area contributed by atoms with Crippen LogP contribution in [0.15, 0.2) is 0 Å². The van der Waals surface area contributed by atoms with Gasteiger partial charge < -0.3 is 9.64 Å². The van der Waals surface area contributed by atoms with Gasteiger partial charge in [-0.3, -0.25) is 0 Å². The molecule has 0 aliphatic carbocycles. The summed E-state index contributed by atoms with van der Waals surface area (Å²) in [4.78, 5) is 23.9. The second-order valence-electron chi connectivity index (χ2n) is 4.63. The van der Waals surface area contributed by atoms with Crippen LogP contribution in [0.1, 0.15) is 28.0 Å². The van der Waals surface area contributed by atoms with Crippen LogP contribution in [0.2, 0.25) is 5.15 Å². The lowest BCUT2D eigenvalue weighted by Gasteiger charge is -2.08. The number of carbonyl (C=O) groups is 1. The fraction of sp³-hybridized carbons (Fsp3) is 0.462. The van der Waals surface area contributed by atoms with Gasteiger partial charge in [-0.1, -0.05) is 11.6 Å². The number of hydrogen-bond acceptors (Lipinski definition) is 6. The second-order valence-corrected chi connectivity index (χ2v) is 5.98. The van der Waals surface area contributed by atoms with E-state index in [4.69, 9.17) is 16.3 Å². The maximum absolute atomic E-state index is 11.9. The summed E-state index contributed by atoms with van der Waals surface area (Å²) >= 11 is 7.53. The molecule has 0 amide bonds. The highest BCUT2D eigenvalue weighted by molar-refractivity contribution is 7.20. The minimum Gasteiger partial charge on any atom is -0.462 e. The Bertz CT molecular complexity index is 655. The molecule has 0 bridgehead atoms. The zero-order valence-electron chi connectivity index (χ0n) is 11.9. The van der Waals surface area contributed by atoms with E-state index in [1.54, 1.807) is 6.92 Å². The number of hydrogen-bond donors (Lipinski definition) is 0. The van der Waals surface area contributed by atoms with Crippen molar-refractivity contribution in [3.05, 3.63) is 21.4 Å². The highest BCUT2D eigenvalue weighted by atomic mass is 35.5. The Morgan fingerprint density at radius 3 is 2.70 bits per heavy atom. The molecule has 0 aromatic carbocycles. The standard InChI is InChI=1S/C13H16ClN3O2S/c1-5-19-13(18)10-7(2)9-11(14)15-8(6-17(3)4)16-12(9)20-10/h5-6H2,1-4H3. The highest BCUT2D eigenvalue weighted by Gasteiger charge is 2.20. The topological polar surface area (TPSA) is 55.3 Å². The van der Waals surface area contributed by atoms with Crippen LogP contribution in [0.25, 0.3) is 10.2 Å². The van der Waals surface area contributed by atoms with Gasteiger partial charge in [0.15, 0.2) is 0 Å². The fourth-order valence-electron chi connectivity index (χ4n) is 1.88. The normalized spacial score (nSPS) is 11.3. The van der Waals surface area contributed by atoms with Gasteiger partial charge in [-0.25, -0.2) is 14.8 Å². The van der Waals surface area contributed by atoms with E-state index in [1.807, 2.05) is 25.9 Å². The van der Waals surface area contributed by atoms with Gasteiger partial charge in [-0.2, -0.15) is 0 Å². The third kappa shape index (κ3) is 2.92. The zero-order chi connectivity index (χ0) is 14.9. The van der Waals surface area contributed by atoms with Gasteiger partial charge in [0.25, 0.3) is 0 Å². The van der Waals surface area contributed by atoms with Crippen LogP contribution in [0.5, 0.6) is 0 Å². The van der Waals surface area contributed by atoms with Crippen LogP contribution in [-0.4, -0.2) is 41.5 Å². The van der Waals surface area contributed by atoms with Crippen molar-refractivity contribution in [1.29, 1.82) is 0 Å². The first kappa shape index (κ1) is 15.2. The monoisotopic (exact) mass is 313 g/mol. The maximum atomic E-state index is 11.9. The van der Waals surface area contributed by atoms with Crippen molar-refractivity contribution in [3.63, 3.8) is 0 Å². The summed E-state index contributed by atoms with van der Waals surface area (Å²) in [5.74, 6) is 0.308. The smallest absolute Gasteiger partial charge is 0.348 e. The summed E-state index contributed by atoms with van der Waals surface area (Å²) in [5.41, 5.74) is 0.782. The number of ether oxygens (including phenoxy) is 1. The number of halogens is 1. The van der Waals surface area contributed by atoms with Crippen molar-refractivity contribution in [2.24, 2.45) is 0 Å². The van der Waals surface area contributed by atoms with Crippen LogP contribution in [0, 0.1) is 6.92 Å². The largest absolute Gasteiger partial charge is 0.462 e. The fourth-order valence-corrected chi connectivity index (χ4v) is 3.35. The summed E-state index contributed by atoms with van der Waals surface area (Å²) in [6.07, 6.45) is 0. The Morgan fingerprint density at radius 2 is 2.10 bits per heavy atom. The molecule has 0 N–H and O–H groups in total. The second kappa shape index (κ2) is 6.03. The predicted octanol–water partition coefficient (Wildman–Crippen LogP) is 2.89. The Kier molecular flexibility index (Phi) is 4.57. The van der Waals surface area contributed by atoms with Crippen molar-refractivity contribution < 1.29 is 9.53 Å². The number of rotatable bonds is 4. The van der Waals surface area contributed by atoms with E-state index < -0.39 is 0 Å². The molecule has 2 heterocycles. The first-order valence-electron chi connectivity index (χ1n) is 6.21. The lowest BCUT2D eigenvalue weighted by molar-refractivity contribution is 0.0531. The van der Waals surface area contributed by atoms with Gasteiger partial charge in [-0.05, 0) is 33.5 Å². The number of esters is 1. The highest BCUT2D eigenvalue weighted by Crippen LogP contribution is 2.34. The number of aromatic nitrogens is 2. The minimum absolute atomic E-state index is 0.335. The molecule has 0 radical (unpaired) electrons. The van der Waals surface area contributed by atoms with Crippen molar-refractivity contribution >= 4 is 39.1 Å². The van der Waals surface area contributed by atoms with Crippen LogP contribution < -0.4 is 0 Å². The molecule has 0 saturated carbocycles. The Hall–Kier alpha value is -1.24. The molecular weight excluding hydrogens is 298 g/mol. The number of fused-ring (bicyclic) bond motifs is 1. The average Bonchev–Trinajstić information content (AvgIpc) is 2.66. The first-order chi connectivity index (χ1) is 9.43. The summed E-state index contributed by atoms with van der Waals surface area (Å²) in [6, 6.07) is 0. The van der Waals surface area contributed by atoms with E-state index in [9.17, 15) is 4.79 Å². The number of carbonyl (C=O) groups excluding carboxylic acids is 1. The molecule has 0 spiro atoms. The molecule has 0 unspecified atom stereocenters. The molecule has 2 aromatic heterocycles. The SMILES string of the molecule is CCOC(=O)c1sc2nc(CN(C)C)nc(Cl)c2c1C. The first-order valence-corrected chi connectivity index (χ1v) is 7.40. The predicted molar refractivity (Wildman–Crippen MR) is 80.5 cm³/mol. The van der Waals surface area contributed by atoms with E-state index >= 15 is 0 Å². The molecule has 0 saturated heterocycles. The molecule has 5 nitrogen and oxygen atoms in total. The maximum Gasteiger partial charge on any atom is 0.348 e. The molecule has 0 aliphatic heterocycles. The van der Waals surface area contributed by atoms with Crippen molar-refractivity contribution in [2.45, 2.75) is 20.4 Å². The molecule has 0 aliphatic rings. The van der Waals surface area contributed by atoms with Crippen molar-refractivity contribution in [3.8, 4) is 0 Å². The van der Waals surface area contributed by atoms with Crippen LogP contribution in [-0.2, 0) is 11.3 Å². The molecule has 0 atom stereocenters. The summed E-state index contributed by atoms with van der Waals surface area (Å²) < 4.78 is 5.04. The Labute approximate surface area is 126 Å². The van der Waals surface area contributed by atoms with Crippen LogP contribution in [0.4, 0.5) is 0 Å². The molecule has 0 fully saturated rings. The molecule has 7 heteroatoms. The van der Waals surface area contributed by atoms with Gasteiger partial charge >= 0.3 is 5.97 Å². The summed E-state index contributed by atoms with van der Waals surface area (Å²) in [5, 5.41) is 1.12. The van der Waals surface area contributed by atoms with Gasteiger partial charge in [0.05, 0.1) is 18.5 Å².